The van der Waals surface area contributed by atoms with E-state index in [1.54, 1.807) is 48.5 Å². The largest absolute Gasteiger partial charge is 0.306 e. The molecule has 0 saturated carbocycles. The zero-order valence-corrected chi connectivity index (χ0v) is 10.8. The summed E-state index contributed by atoms with van der Waals surface area (Å²) in [6.07, 6.45) is 0. The zero-order chi connectivity index (χ0) is 14.3. The third-order valence-corrected chi connectivity index (χ3v) is 3.26. The average Bonchev–Trinajstić information content (AvgIpc) is 2.71. The highest BCUT2D eigenvalue weighted by atomic mass is 16.2. The van der Waals surface area contributed by atoms with E-state index >= 15 is 0 Å². The summed E-state index contributed by atoms with van der Waals surface area (Å²) in [5.74, 6) is -1.90. The first-order chi connectivity index (χ1) is 9.59. The van der Waals surface area contributed by atoms with Crippen molar-refractivity contribution >= 4 is 23.3 Å². The minimum absolute atomic E-state index is 0.291. The van der Waals surface area contributed by atoms with Gasteiger partial charge in [0, 0.05) is 5.56 Å². The first kappa shape index (κ1) is 12.3. The fourth-order valence-corrected chi connectivity index (χ4v) is 2.26. The molecule has 0 unspecified atom stereocenters. The summed E-state index contributed by atoms with van der Waals surface area (Å²) in [4.78, 5) is 37.3. The summed E-state index contributed by atoms with van der Waals surface area (Å²) in [5.41, 5.74) is 1.90. The molecule has 1 aliphatic rings. The predicted molar refractivity (Wildman–Crippen MR) is 73.8 cm³/mol. The SMILES string of the molecule is Cc1ccc2c(c1)C(=O)C(=O)N2C(=O)c1ccccc1. The van der Waals surface area contributed by atoms with Crippen molar-refractivity contribution in [2.45, 2.75) is 6.92 Å². The van der Waals surface area contributed by atoms with Gasteiger partial charge in [0.2, 0.25) is 0 Å². The molecule has 98 valence electrons. The summed E-state index contributed by atoms with van der Waals surface area (Å²) in [5, 5.41) is 0. The number of anilines is 1. The van der Waals surface area contributed by atoms with Crippen LogP contribution < -0.4 is 4.90 Å². The number of hydrogen-bond donors (Lipinski definition) is 0. The number of hydrogen-bond acceptors (Lipinski definition) is 3. The number of rotatable bonds is 1. The Morgan fingerprint density at radius 2 is 1.70 bits per heavy atom. The van der Waals surface area contributed by atoms with Gasteiger partial charge in [0.25, 0.3) is 11.7 Å². The minimum Gasteiger partial charge on any atom is -0.283 e. The highest BCUT2D eigenvalue weighted by Gasteiger charge is 2.39. The molecule has 4 heteroatoms. The van der Waals surface area contributed by atoms with E-state index in [1.807, 2.05) is 6.92 Å². The number of aryl methyl sites for hydroxylation is 1. The normalized spacial score (nSPS) is 13.6. The van der Waals surface area contributed by atoms with Gasteiger partial charge >= 0.3 is 5.91 Å². The van der Waals surface area contributed by atoms with Gasteiger partial charge in [0.1, 0.15) is 0 Å². The smallest absolute Gasteiger partial charge is 0.283 e. The van der Waals surface area contributed by atoms with Crippen LogP contribution in [0.4, 0.5) is 5.69 Å². The van der Waals surface area contributed by atoms with Crippen LogP contribution >= 0.6 is 0 Å². The zero-order valence-electron chi connectivity index (χ0n) is 10.8. The molecule has 0 N–H and O–H groups in total. The Balaban J connectivity index is 2.10. The molecule has 2 aromatic rings. The van der Waals surface area contributed by atoms with Crippen LogP contribution in [0.5, 0.6) is 0 Å². The maximum absolute atomic E-state index is 12.4. The fraction of sp³-hybridized carbons (Fsp3) is 0.0625. The Hall–Kier alpha value is -2.75. The number of nitrogens with zero attached hydrogens (tertiary/aromatic N) is 1. The number of carbonyl (C=O) groups excluding carboxylic acids is 3. The number of carbonyl (C=O) groups is 3. The van der Waals surface area contributed by atoms with E-state index in [1.165, 1.54) is 0 Å². The van der Waals surface area contributed by atoms with E-state index in [-0.39, 0.29) is 0 Å². The summed E-state index contributed by atoms with van der Waals surface area (Å²) >= 11 is 0. The number of imide groups is 1. The first-order valence-electron chi connectivity index (χ1n) is 6.18. The topological polar surface area (TPSA) is 54.5 Å². The maximum Gasteiger partial charge on any atom is 0.306 e. The summed E-state index contributed by atoms with van der Waals surface area (Å²) in [6, 6.07) is 13.5. The van der Waals surface area contributed by atoms with Crippen LogP contribution in [0.3, 0.4) is 0 Å². The molecule has 4 nitrogen and oxygen atoms in total. The number of Topliss-reactive ketones (excluding diaryl/α,β-unsaturated/α-hetero) is 1. The Bertz CT molecular complexity index is 735. The van der Waals surface area contributed by atoms with Crippen LogP contribution in [0, 0.1) is 6.92 Å². The summed E-state index contributed by atoms with van der Waals surface area (Å²) < 4.78 is 0. The van der Waals surface area contributed by atoms with E-state index in [2.05, 4.69) is 0 Å². The van der Waals surface area contributed by atoms with Crippen LogP contribution in [0.2, 0.25) is 0 Å². The molecule has 1 heterocycles. The molecule has 2 amide bonds. The fourth-order valence-electron chi connectivity index (χ4n) is 2.26. The lowest BCUT2D eigenvalue weighted by molar-refractivity contribution is -0.113. The highest BCUT2D eigenvalue weighted by molar-refractivity contribution is 6.57. The Morgan fingerprint density at radius 3 is 2.40 bits per heavy atom. The Kier molecular flexibility index (Phi) is 2.71. The van der Waals surface area contributed by atoms with E-state index in [0.717, 1.165) is 10.5 Å². The van der Waals surface area contributed by atoms with Crippen molar-refractivity contribution in [3.05, 3.63) is 65.2 Å². The first-order valence-corrected chi connectivity index (χ1v) is 6.18. The van der Waals surface area contributed by atoms with Crippen LogP contribution in [0.25, 0.3) is 0 Å². The molecule has 0 saturated heterocycles. The van der Waals surface area contributed by atoms with Gasteiger partial charge in [0.15, 0.2) is 0 Å². The van der Waals surface area contributed by atoms with Crippen molar-refractivity contribution in [3.8, 4) is 0 Å². The molecule has 2 aromatic carbocycles. The highest BCUT2D eigenvalue weighted by Crippen LogP contribution is 2.30. The number of ketones is 1. The molecule has 0 aliphatic carbocycles. The molecule has 0 radical (unpaired) electrons. The quantitative estimate of drug-likeness (QED) is 0.587. The average molecular weight is 265 g/mol. The molecule has 1 aliphatic heterocycles. The van der Waals surface area contributed by atoms with Crippen LogP contribution in [0.1, 0.15) is 26.3 Å². The molecule has 0 bridgehead atoms. The monoisotopic (exact) mass is 265 g/mol. The standard InChI is InChI=1S/C16H11NO3/c1-10-7-8-13-12(9-10)14(18)16(20)17(13)15(19)11-5-3-2-4-6-11/h2-9H,1H3. The van der Waals surface area contributed by atoms with Gasteiger partial charge in [-0.15, -0.1) is 0 Å². The van der Waals surface area contributed by atoms with Gasteiger partial charge in [0.05, 0.1) is 11.3 Å². The van der Waals surface area contributed by atoms with Gasteiger partial charge in [-0.2, -0.15) is 0 Å². The summed E-state index contributed by atoms with van der Waals surface area (Å²) in [6.45, 7) is 1.83. The Morgan fingerprint density at radius 1 is 1.00 bits per heavy atom. The third kappa shape index (κ3) is 1.73. The minimum atomic E-state index is -0.792. The van der Waals surface area contributed by atoms with Crippen LogP contribution in [-0.4, -0.2) is 17.6 Å². The number of fused-ring (bicyclic) bond motifs is 1. The van der Waals surface area contributed by atoms with Crippen molar-refractivity contribution < 1.29 is 14.4 Å². The number of amides is 2. The van der Waals surface area contributed by atoms with Crippen molar-refractivity contribution in [1.82, 2.24) is 0 Å². The van der Waals surface area contributed by atoms with E-state index in [9.17, 15) is 14.4 Å². The molecule has 20 heavy (non-hydrogen) atoms. The Labute approximate surface area is 115 Å². The lowest BCUT2D eigenvalue weighted by atomic mass is 10.1. The second-order valence-electron chi connectivity index (χ2n) is 4.66. The van der Waals surface area contributed by atoms with Gasteiger partial charge in [-0.3, -0.25) is 14.4 Å². The second-order valence-corrected chi connectivity index (χ2v) is 4.66. The van der Waals surface area contributed by atoms with E-state index in [0.29, 0.717) is 16.8 Å². The van der Waals surface area contributed by atoms with Crippen LogP contribution in [0.15, 0.2) is 48.5 Å². The maximum atomic E-state index is 12.4. The lowest BCUT2D eigenvalue weighted by Gasteiger charge is -2.14. The van der Waals surface area contributed by atoms with Gasteiger partial charge < -0.3 is 0 Å². The molecule has 0 spiro atoms. The molecular weight excluding hydrogens is 254 g/mol. The van der Waals surface area contributed by atoms with Gasteiger partial charge in [-0.05, 0) is 31.2 Å². The lowest BCUT2D eigenvalue weighted by Crippen LogP contribution is -2.35. The van der Waals surface area contributed by atoms with Crippen molar-refractivity contribution in [2.24, 2.45) is 0 Å². The third-order valence-electron chi connectivity index (χ3n) is 3.26. The molecule has 0 fully saturated rings. The number of benzene rings is 2. The molecule has 0 atom stereocenters. The van der Waals surface area contributed by atoms with Crippen molar-refractivity contribution in [1.29, 1.82) is 0 Å². The van der Waals surface area contributed by atoms with Crippen molar-refractivity contribution in [2.75, 3.05) is 4.90 Å². The molecular formula is C16H11NO3. The molecule has 3 rings (SSSR count). The van der Waals surface area contributed by atoms with E-state index in [4.69, 9.17) is 0 Å². The summed E-state index contributed by atoms with van der Waals surface area (Å²) in [7, 11) is 0. The van der Waals surface area contributed by atoms with E-state index < -0.39 is 17.6 Å². The van der Waals surface area contributed by atoms with Gasteiger partial charge in [-0.1, -0.05) is 29.8 Å². The second kappa shape index (κ2) is 4.42. The molecule has 0 aromatic heterocycles. The van der Waals surface area contributed by atoms with Crippen molar-refractivity contribution in [3.63, 3.8) is 0 Å². The van der Waals surface area contributed by atoms with Gasteiger partial charge in [-0.25, -0.2) is 4.90 Å². The van der Waals surface area contributed by atoms with Crippen LogP contribution in [-0.2, 0) is 4.79 Å². The predicted octanol–water partition coefficient (Wildman–Crippen LogP) is 2.36.